The van der Waals surface area contributed by atoms with Gasteiger partial charge in [0.1, 0.15) is 12.6 Å². The molecule has 0 saturated carbocycles. The van der Waals surface area contributed by atoms with Crippen molar-refractivity contribution in [3.63, 3.8) is 0 Å². The number of aliphatic carboxylic acids is 1. The van der Waals surface area contributed by atoms with Crippen molar-refractivity contribution in [3.8, 4) is 0 Å². The number of ether oxygens (including phenoxy) is 3. The van der Waals surface area contributed by atoms with Crippen LogP contribution < -0.4 is 5.11 Å². The highest BCUT2D eigenvalue weighted by atomic mass is 16.6. The van der Waals surface area contributed by atoms with Crippen LogP contribution in [-0.4, -0.2) is 75.5 Å². The lowest BCUT2D eigenvalue weighted by Crippen LogP contribution is -2.55. The number of carbonyl (C=O) groups excluding carboxylic acids is 3. The minimum absolute atomic E-state index is 0.0255. The lowest BCUT2D eigenvalue weighted by atomic mass is 10.0. The first-order valence-corrected chi connectivity index (χ1v) is 25.3. The molecule has 0 aromatic heterocycles. The van der Waals surface area contributed by atoms with Gasteiger partial charge in [-0.25, -0.2) is 0 Å². The number of allylic oxidation sites excluding steroid dienone is 16. The van der Waals surface area contributed by atoms with E-state index in [2.05, 4.69) is 111 Å². The number of esters is 2. The van der Waals surface area contributed by atoms with Crippen molar-refractivity contribution in [2.45, 2.75) is 199 Å². The first-order chi connectivity index (χ1) is 31.1. The molecule has 0 saturated heterocycles. The summed E-state index contributed by atoms with van der Waals surface area (Å²) >= 11 is 0. The normalized spacial score (nSPS) is 13.7. The van der Waals surface area contributed by atoms with Crippen LogP contribution in [0.4, 0.5) is 0 Å². The van der Waals surface area contributed by atoms with Crippen LogP contribution in [0.1, 0.15) is 187 Å². The van der Waals surface area contributed by atoms with Crippen LogP contribution in [0.15, 0.2) is 97.2 Å². The lowest BCUT2D eigenvalue weighted by molar-refractivity contribution is -0.889. The maximum Gasteiger partial charge on any atom is 0.306 e. The van der Waals surface area contributed by atoms with Gasteiger partial charge in [0.15, 0.2) is 6.10 Å². The second-order valence-corrected chi connectivity index (χ2v) is 17.6. The molecule has 364 valence electrons. The summed E-state index contributed by atoms with van der Waals surface area (Å²) in [5.74, 6) is -1.78. The van der Waals surface area contributed by atoms with E-state index >= 15 is 0 Å². The number of rotatable bonds is 44. The molecule has 0 radical (unpaired) electrons. The monoisotopic (exact) mass is 892 g/mol. The molecular weight excluding hydrogens is 799 g/mol. The third kappa shape index (κ3) is 43.5. The summed E-state index contributed by atoms with van der Waals surface area (Å²) in [6.45, 7) is 4.40. The van der Waals surface area contributed by atoms with Crippen LogP contribution in [0.3, 0.4) is 0 Å². The zero-order valence-corrected chi connectivity index (χ0v) is 41.4. The van der Waals surface area contributed by atoms with E-state index in [0.717, 1.165) is 109 Å². The molecule has 0 N–H and O–H groups in total. The van der Waals surface area contributed by atoms with Gasteiger partial charge in [-0.05, 0) is 89.9 Å². The number of carbonyl (C=O) groups is 3. The largest absolute Gasteiger partial charge is 0.544 e. The van der Waals surface area contributed by atoms with Gasteiger partial charge < -0.3 is 28.6 Å². The van der Waals surface area contributed by atoms with Crippen LogP contribution in [0.5, 0.6) is 0 Å². The molecule has 0 fully saturated rings. The maximum absolute atomic E-state index is 12.8. The second-order valence-electron chi connectivity index (χ2n) is 17.6. The first kappa shape index (κ1) is 60.2. The van der Waals surface area contributed by atoms with E-state index in [1.165, 1.54) is 44.9 Å². The van der Waals surface area contributed by atoms with Gasteiger partial charge in [-0.1, -0.05) is 175 Å². The van der Waals surface area contributed by atoms with Crippen LogP contribution in [-0.2, 0) is 28.6 Å². The number of carboxylic acid groups (broad SMARTS) is 1. The summed E-state index contributed by atoms with van der Waals surface area (Å²) in [4.78, 5) is 37.0. The highest BCUT2D eigenvalue weighted by Gasteiger charge is 2.25. The molecule has 0 aliphatic heterocycles. The van der Waals surface area contributed by atoms with Gasteiger partial charge in [0.2, 0.25) is 0 Å². The number of unbranched alkanes of at least 4 members (excludes halogenated alkanes) is 14. The molecular formula is C56H93NO7. The van der Waals surface area contributed by atoms with Crippen molar-refractivity contribution in [3.05, 3.63) is 97.2 Å². The van der Waals surface area contributed by atoms with E-state index in [0.29, 0.717) is 12.8 Å². The van der Waals surface area contributed by atoms with E-state index in [1.54, 1.807) is 21.1 Å². The Kier molecular flexibility index (Phi) is 43.1. The Hall–Kier alpha value is -3.75. The van der Waals surface area contributed by atoms with E-state index in [9.17, 15) is 19.5 Å². The maximum atomic E-state index is 12.8. The zero-order valence-electron chi connectivity index (χ0n) is 41.4. The number of carboxylic acids is 1. The van der Waals surface area contributed by atoms with Crippen molar-refractivity contribution in [2.75, 3.05) is 41.0 Å². The summed E-state index contributed by atoms with van der Waals surface area (Å²) in [5.41, 5.74) is 0. The minimum Gasteiger partial charge on any atom is -0.544 e. The Morgan fingerprint density at radius 3 is 1.22 bits per heavy atom. The van der Waals surface area contributed by atoms with Gasteiger partial charge in [-0.2, -0.15) is 0 Å². The lowest BCUT2D eigenvalue weighted by Gasteiger charge is -2.34. The Labute approximate surface area is 392 Å². The number of hydrogen-bond acceptors (Lipinski definition) is 7. The molecule has 8 nitrogen and oxygen atoms in total. The average molecular weight is 892 g/mol. The Bertz CT molecular complexity index is 1360. The molecule has 2 unspecified atom stereocenters. The number of likely N-dealkylation sites (N-methyl/N-ethyl adjacent to an activating group) is 1. The summed E-state index contributed by atoms with van der Waals surface area (Å²) in [7, 11) is 5.40. The van der Waals surface area contributed by atoms with Gasteiger partial charge in [0, 0.05) is 19.3 Å². The molecule has 0 aliphatic carbocycles. The highest BCUT2D eigenvalue weighted by Crippen LogP contribution is 2.14. The summed E-state index contributed by atoms with van der Waals surface area (Å²) < 4.78 is 17.2. The predicted molar refractivity (Wildman–Crippen MR) is 268 cm³/mol. The van der Waals surface area contributed by atoms with Crippen LogP contribution >= 0.6 is 0 Å². The first-order valence-electron chi connectivity index (χ1n) is 25.3. The summed E-state index contributed by atoms with van der Waals surface area (Å²) in [6, 6.07) is -0.736. The Morgan fingerprint density at radius 1 is 0.469 bits per heavy atom. The quantitative estimate of drug-likeness (QED) is 0.0260. The molecule has 0 aromatic rings. The number of nitrogens with zero attached hydrogens (tertiary/aromatic N) is 1. The minimum atomic E-state index is -1.13. The number of quaternary nitrogens is 1. The molecule has 0 aromatic carbocycles. The number of hydrogen-bond donors (Lipinski definition) is 0. The van der Waals surface area contributed by atoms with E-state index < -0.39 is 18.1 Å². The van der Waals surface area contributed by atoms with Crippen LogP contribution in [0, 0.1) is 0 Å². The SMILES string of the molecule is CC/C=C\C/C=C\C/C=C\C/C=C\CCCCCCCCCCCCC(=O)OC(COCCC(C(=O)[O-])[N+](C)(C)C)COC(=O)CCCCCC/C=C\C/C=C\C/C=C\C/C=C\CC. The van der Waals surface area contributed by atoms with E-state index in [4.69, 9.17) is 14.2 Å². The zero-order chi connectivity index (χ0) is 47.0. The topological polar surface area (TPSA) is 102 Å². The van der Waals surface area contributed by atoms with Gasteiger partial charge >= 0.3 is 11.9 Å². The molecule has 0 amide bonds. The van der Waals surface area contributed by atoms with Gasteiger partial charge in [0.25, 0.3) is 0 Å². The molecule has 0 aliphatic rings. The molecule has 64 heavy (non-hydrogen) atoms. The summed E-state index contributed by atoms with van der Waals surface area (Å²) in [6.07, 6.45) is 61.5. The molecule has 0 heterocycles. The predicted octanol–water partition coefficient (Wildman–Crippen LogP) is 13.3. The average Bonchev–Trinajstić information content (AvgIpc) is 3.26. The Balaban J connectivity index is 4.30. The summed E-state index contributed by atoms with van der Waals surface area (Å²) in [5, 5.41) is 11.7. The van der Waals surface area contributed by atoms with Crippen molar-refractivity contribution < 1.29 is 38.2 Å². The van der Waals surface area contributed by atoms with Crippen molar-refractivity contribution >= 4 is 17.9 Å². The molecule has 8 heteroatoms. The van der Waals surface area contributed by atoms with Gasteiger partial charge in [-0.15, -0.1) is 0 Å². The third-order valence-corrected chi connectivity index (χ3v) is 10.7. The molecule has 2 atom stereocenters. The fourth-order valence-corrected chi connectivity index (χ4v) is 6.88. The third-order valence-electron chi connectivity index (χ3n) is 10.7. The van der Waals surface area contributed by atoms with Crippen molar-refractivity contribution in [2.24, 2.45) is 0 Å². The van der Waals surface area contributed by atoms with E-state index in [1.807, 2.05) is 0 Å². The Morgan fingerprint density at radius 2 is 0.828 bits per heavy atom. The smallest absolute Gasteiger partial charge is 0.306 e. The van der Waals surface area contributed by atoms with Gasteiger partial charge in [0.05, 0.1) is 40.3 Å². The van der Waals surface area contributed by atoms with Crippen molar-refractivity contribution in [1.82, 2.24) is 0 Å². The van der Waals surface area contributed by atoms with Crippen molar-refractivity contribution in [1.29, 1.82) is 0 Å². The highest BCUT2D eigenvalue weighted by molar-refractivity contribution is 5.70. The van der Waals surface area contributed by atoms with Crippen LogP contribution in [0.25, 0.3) is 0 Å². The second kappa shape index (κ2) is 45.8. The standard InChI is InChI=1S/C56H93NO7/c1-6-8-10-12-14-16-18-20-22-24-25-26-27-28-29-31-33-35-37-39-41-43-45-47-55(59)64-52(50-62-49-48-53(56(60)61)57(3,4)5)51-63-54(58)46-44-42-40-38-36-34-32-30-23-21-19-17-15-13-11-9-7-2/h8-11,14-17,20-23,25-26,32,34,52-53H,6-7,12-13,18-19,24,27-31,33,35-51H2,1-5H3/b10-8-,11-9-,16-14-,17-15-,22-20-,23-21-,26-25-,34-32-. The van der Waals surface area contributed by atoms with E-state index in [-0.39, 0.29) is 42.7 Å². The fraction of sp³-hybridized carbons (Fsp3) is 0.661. The molecule has 0 rings (SSSR count). The fourth-order valence-electron chi connectivity index (χ4n) is 6.88. The van der Waals surface area contributed by atoms with Gasteiger partial charge in [-0.3, -0.25) is 9.59 Å². The molecule has 0 spiro atoms. The molecule has 0 bridgehead atoms. The van der Waals surface area contributed by atoms with Crippen LogP contribution in [0.2, 0.25) is 0 Å².